The topological polar surface area (TPSA) is 27.3 Å². The monoisotopic (exact) mass is 333 g/mol. The Kier molecular flexibility index (Phi) is 7.31. The molecule has 2 N–H and O–H groups in total. The van der Waals surface area contributed by atoms with E-state index in [0.717, 1.165) is 10.8 Å². The van der Waals surface area contributed by atoms with E-state index >= 15 is 0 Å². The van der Waals surface area contributed by atoms with Crippen LogP contribution in [0.5, 0.6) is 0 Å². The van der Waals surface area contributed by atoms with Crippen molar-refractivity contribution in [1.29, 1.82) is 0 Å². The van der Waals surface area contributed by atoms with Crippen LogP contribution in [0.1, 0.15) is 57.9 Å². The third-order valence-electron chi connectivity index (χ3n) is 4.81. The van der Waals surface area contributed by atoms with Crippen LogP contribution in [0.15, 0.2) is 24.3 Å². The van der Waals surface area contributed by atoms with Gasteiger partial charge in [-0.2, -0.15) is 0 Å². The van der Waals surface area contributed by atoms with Crippen molar-refractivity contribution in [2.45, 2.75) is 58.4 Å². The summed E-state index contributed by atoms with van der Waals surface area (Å²) < 4.78 is 0. The zero-order valence-corrected chi connectivity index (χ0v) is 15.6. The molecule has 0 aromatic heterocycles. The van der Waals surface area contributed by atoms with Gasteiger partial charge in [-0.25, -0.2) is 0 Å². The average molecular weight is 334 g/mol. The number of benzene rings is 1. The van der Waals surface area contributed by atoms with Crippen LogP contribution in [-0.2, 0) is 0 Å². The molecule has 1 atom stereocenters. The second-order valence-electron chi connectivity index (χ2n) is 6.65. The standard InChI is InChI=1S/C19H31N3S/c1-4-12-22-13-10-18(11-14-22)21-19(23)20-17-8-6-16(7-9-17)15(3)5-2/h6-9,15,18H,4-5,10-14H2,1-3H3,(H2,20,21,23). The zero-order valence-electron chi connectivity index (χ0n) is 14.8. The minimum Gasteiger partial charge on any atom is -0.360 e. The maximum Gasteiger partial charge on any atom is 0.170 e. The lowest BCUT2D eigenvalue weighted by molar-refractivity contribution is 0.207. The van der Waals surface area contributed by atoms with Crippen LogP contribution < -0.4 is 10.6 Å². The molecule has 128 valence electrons. The first-order valence-electron chi connectivity index (χ1n) is 9.02. The lowest BCUT2D eigenvalue weighted by Gasteiger charge is -2.32. The molecule has 1 saturated heterocycles. The van der Waals surface area contributed by atoms with Crippen molar-refractivity contribution >= 4 is 23.0 Å². The lowest BCUT2D eigenvalue weighted by Crippen LogP contribution is -2.45. The van der Waals surface area contributed by atoms with E-state index in [-0.39, 0.29) is 0 Å². The molecule has 0 aliphatic carbocycles. The molecule has 4 heteroatoms. The van der Waals surface area contributed by atoms with E-state index in [1.807, 2.05) is 0 Å². The first-order valence-corrected chi connectivity index (χ1v) is 9.43. The average Bonchev–Trinajstić information content (AvgIpc) is 2.57. The molecule has 0 radical (unpaired) electrons. The number of likely N-dealkylation sites (tertiary alicyclic amines) is 1. The summed E-state index contributed by atoms with van der Waals surface area (Å²) in [5.41, 5.74) is 2.46. The van der Waals surface area contributed by atoms with Gasteiger partial charge >= 0.3 is 0 Å². The predicted octanol–water partition coefficient (Wildman–Crippen LogP) is 4.36. The highest BCUT2D eigenvalue weighted by Crippen LogP contribution is 2.20. The largest absolute Gasteiger partial charge is 0.360 e. The SMILES string of the molecule is CCCN1CCC(NC(=S)Nc2ccc(C(C)CC)cc2)CC1. The highest BCUT2D eigenvalue weighted by atomic mass is 32.1. The Morgan fingerprint density at radius 2 is 1.87 bits per heavy atom. The van der Waals surface area contributed by atoms with E-state index in [0.29, 0.717) is 12.0 Å². The van der Waals surface area contributed by atoms with Crippen molar-refractivity contribution in [2.75, 3.05) is 25.0 Å². The highest BCUT2D eigenvalue weighted by molar-refractivity contribution is 7.80. The summed E-state index contributed by atoms with van der Waals surface area (Å²) in [4.78, 5) is 2.54. The smallest absolute Gasteiger partial charge is 0.170 e. The number of piperidine rings is 1. The van der Waals surface area contributed by atoms with E-state index in [1.165, 1.54) is 50.9 Å². The summed E-state index contributed by atoms with van der Waals surface area (Å²) >= 11 is 5.47. The molecular weight excluding hydrogens is 302 g/mol. The van der Waals surface area contributed by atoms with Gasteiger partial charge in [-0.15, -0.1) is 0 Å². The third-order valence-corrected chi connectivity index (χ3v) is 5.03. The van der Waals surface area contributed by atoms with E-state index in [9.17, 15) is 0 Å². The minimum absolute atomic E-state index is 0.502. The molecule has 0 spiro atoms. The van der Waals surface area contributed by atoms with Gasteiger partial charge in [0, 0.05) is 24.8 Å². The molecule has 0 saturated carbocycles. The molecule has 1 fully saturated rings. The molecular formula is C19H31N3S. The summed E-state index contributed by atoms with van der Waals surface area (Å²) in [6.45, 7) is 10.3. The number of nitrogens with zero attached hydrogens (tertiary/aromatic N) is 1. The van der Waals surface area contributed by atoms with Crippen LogP contribution in [0.2, 0.25) is 0 Å². The van der Waals surface area contributed by atoms with Crippen LogP contribution in [-0.4, -0.2) is 35.7 Å². The second kappa shape index (κ2) is 9.24. The summed E-state index contributed by atoms with van der Waals surface area (Å²) in [6, 6.07) is 9.14. The summed E-state index contributed by atoms with van der Waals surface area (Å²) in [5.74, 6) is 0.613. The van der Waals surface area contributed by atoms with Crippen LogP contribution in [0, 0.1) is 0 Å². The molecule has 3 nitrogen and oxygen atoms in total. The summed E-state index contributed by atoms with van der Waals surface area (Å²) in [6.07, 6.45) is 4.76. The number of hydrogen-bond donors (Lipinski definition) is 2. The Bertz CT molecular complexity index is 478. The maximum atomic E-state index is 5.47. The Hall–Kier alpha value is -1.13. The predicted molar refractivity (Wildman–Crippen MR) is 104 cm³/mol. The molecule has 1 aromatic rings. The van der Waals surface area contributed by atoms with E-state index < -0.39 is 0 Å². The molecule has 1 aliphatic rings. The second-order valence-corrected chi connectivity index (χ2v) is 7.05. The van der Waals surface area contributed by atoms with Gasteiger partial charge in [0.05, 0.1) is 0 Å². The first-order chi connectivity index (χ1) is 11.1. The molecule has 23 heavy (non-hydrogen) atoms. The van der Waals surface area contributed by atoms with Crippen molar-refractivity contribution in [1.82, 2.24) is 10.2 Å². The van der Waals surface area contributed by atoms with Crippen LogP contribution in [0.25, 0.3) is 0 Å². The molecule has 2 rings (SSSR count). The van der Waals surface area contributed by atoms with Gasteiger partial charge in [-0.3, -0.25) is 0 Å². The third kappa shape index (κ3) is 5.78. The van der Waals surface area contributed by atoms with Crippen LogP contribution >= 0.6 is 12.2 Å². The van der Waals surface area contributed by atoms with Gasteiger partial charge in [0.15, 0.2) is 5.11 Å². The first kappa shape index (κ1) is 18.2. The van der Waals surface area contributed by atoms with Crippen molar-refractivity contribution in [2.24, 2.45) is 0 Å². The van der Waals surface area contributed by atoms with Gasteiger partial charge in [-0.1, -0.05) is 32.9 Å². The van der Waals surface area contributed by atoms with E-state index in [4.69, 9.17) is 12.2 Å². The number of rotatable bonds is 6. The van der Waals surface area contributed by atoms with Crippen molar-refractivity contribution < 1.29 is 0 Å². The normalized spacial score (nSPS) is 17.7. The number of nitrogens with one attached hydrogen (secondary N) is 2. The Morgan fingerprint density at radius 3 is 2.43 bits per heavy atom. The Morgan fingerprint density at radius 1 is 1.22 bits per heavy atom. The molecule has 0 amide bonds. The number of hydrogen-bond acceptors (Lipinski definition) is 2. The quantitative estimate of drug-likeness (QED) is 0.756. The fourth-order valence-corrected chi connectivity index (χ4v) is 3.38. The van der Waals surface area contributed by atoms with Gasteiger partial charge < -0.3 is 15.5 Å². The van der Waals surface area contributed by atoms with Crippen LogP contribution in [0.4, 0.5) is 5.69 Å². The lowest BCUT2D eigenvalue weighted by atomic mass is 9.99. The molecule has 1 unspecified atom stereocenters. The van der Waals surface area contributed by atoms with Gasteiger partial charge in [-0.05, 0) is 68.1 Å². The maximum absolute atomic E-state index is 5.47. The summed E-state index contributed by atoms with van der Waals surface area (Å²) in [7, 11) is 0. The number of anilines is 1. The van der Waals surface area contributed by atoms with Crippen molar-refractivity contribution in [3.05, 3.63) is 29.8 Å². The Labute approximate surface area is 146 Å². The number of thiocarbonyl (C=S) groups is 1. The fraction of sp³-hybridized carbons (Fsp3) is 0.632. The van der Waals surface area contributed by atoms with Crippen molar-refractivity contribution in [3.8, 4) is 0 Å². The van der Waals surface area contributed by atoms with Gasteiger partial charge in [0.1, 0.15) is 0 Å². The van der Waals surface area contributed by atoms with Crippen LogP contribution in [0.3, 0.4) is 0 Å². The van der Waals surface area contributed by atoms with Crippen molar-refractivity contribution in [3.63, 3.8) is 0 Å². The fourth-order valence-electron chi connectivity index (χ4n) is 3.10. The van der Waals surface area contributed by atoms with E-state index in [1.54, 1.807) is 0 Å². The van der Waals surface area contributed by atoms with Gasteiger partial charge in [0.2, 0.25) is 0 Å². The van der Waals surface area contributed by atoms with Gasteiger partial charge in [0.25, 0.3) is 0 Å². The molecule has 0 bridgehead atoms. The minimum atomic E-state index is 0.502. The molecule has 1 aliphatic heterocycles. The Balaban J connectivity index is 1.77. The molecule has 1 aromatic carbocycles. The zero-order chi connectivity index (χ0) is 16.7. The van der Waals surface area contributed by atoms with E-state index in [2.05, 4.69) is 60.6 Å². The highest BCUT2D eigenvalue weighted by Gasteiger charge is 2.18. The molecule has 1 heterocycles. The summed E-state index contributed by atoms with van der Waals surface area (Å²) in [5, 5.41) is 7.53.